The molecule has 1 saturated heterocycles. The molecule has 28 heavy (non-hydrogen) atoms. The summed E-state index contributed by atoms with van der Waals surface area (Å²) in [6.07, 6.45) is 0.615. The number of nitrogens with zero attached hydrogens (tertiary/aromatic N) is 3. The number of amides is 1. The second kappa shape index (κ2) is 8.20. The van der Waals surface area contributed by atoms with Crippen LogP contribution in [0.1, 0.15) is 29.2 Å². The molecule has 0 unspecified atom stereocenters. The molecule has 2 aliphatic heterocycles. The molecule has 2 aliphatic rings. The van der Waals surface area contributed by atoms with Gasteiger partial charge in [-0.25, -0.2) is 9.40 Å². The molecule has 0 aromatic heterocycles. The van der Waals surface area contributed by atoms with Gasteiger partial charge in [0.05, 0.1) is 31.5 Å². The van der Waals surface area contributed by atoms with Crippen LogP contribution in [0.25, 0.3) is 0 Å². The SMILES string of the molecule is Cc1cccc(C2=NN(C(=O)CN3CCOCC3)[C@@H](c3ccc(F)cc3)C2)c1. The topological polar surface area (TPSA) is 45.1 Å². The van der Waals surface area contributed by atoms with Crippen molar-refractivity contribution < 1.29 is 13.9 Å². The van der Waals surface area contributed by atoms with Gasteiger partial charge in [-0.1, -0.05) is 42.0 Å². The average Bonchev–Trinajstić information content (AvgIpc) is 3.15. The third kappa shape index (κ3) is 4.13. The maximum atomic E-state index is 13.4. The summed E-state index contributed by atoms with van der Waals surface area (Å²) in [5, 5.41) is 6.28. The van der Waals surface area contributed by atoms with Crippen molar-refractivity contribution in [2.75, 3.05) is 32.8 Å². The zero-order valence-corrected chi connectivity index (χ0v) is 16.0. The molecule has 2 aromatic rings. The lowest BCUT2D eigenvalue weighted by molar-refractivity contribution is -0.135. The molecule has 2 aromatic carbocycles. The first-order valence-electron chi connectivity index (χ1n) is 9.62. The van der Waals surface area contributed by atoms with E-state index < -0.39 is 0 Å². The van der Waals surface area contributed by atoms with Crippen LogP contribution in [0.4, 0.5) is 4.39 Å². The van der Waals surface area contributed by atoms with Gasteiger partial charge in [0.15, 0.2) is 0 Å². The van der Waals surface area contributed by atoms with E-state index in [1.54, 1.807) is 17.1 Å². The van der Waals surface area contributed by atoms with Gasteiger partial charge in [0.2, 0.25) is 0 Å². The van der Waals surface area contributed by atoms with Gasteiger partial charge >= 0.3 is 0 Å². The smallest absolute Gasteiger partial charge is 0.257 e. The standard InChI is InChI=1S/C22H24FN3O2/c1-16-3-2-4-18(13-16)20-14-21(17-5-7-19(23)8-6-17)26(24-20)22(27)15-25-9-11-28-12-10-25/h2-8,13,21H,9-12,14-15H2,1H3/t21-/m1/s1. The summed E-state index contributed by atoms with van der Waals surface area (Å²) >= 11 is 0. The van der Waals surface area contributed by atoms with Gasteiger partial charge in [-0.05, 0) is 30.2 Å². The van der Waals surface area contributed by atoms with Gasteiger partial charge in [0, 0.05) is 19.5 Å². The number of rotatable bonds is 4. The van der Waals surface area contributed by atoms with Crippen molar-refractivity contribution in [1.82, 2.24) is 9.91 Å². The molecule has 1 atom stereocenters. The predicted molar refractivity (Wildman–Crippen MR) is 106 cm³/mol. The Kier molecular flexibility index (Phi) is 5.50. The molecular weight excluding hydrogens is 357 g/mol. The van der Waals surface area contributed by atoms with E-state index in [-0.39, 0.29) is 17.8 Å². The minimum Gasteiger partial charge on any atom is -0.379 e. The molecule has 146 valence electrons. The fraction of sp³-hybridized carbons (Fsp3) is 0.364. The largest absolute Gasteiger partial charge is 0.379 e. The lowest BCUT2D eigenvalue weighted by Crippen LogP contribution is -2.43. The van der Waals surface area contributed by atoms with Gasteiger partial charge in [0.25, 0.3) is 5.91 Å². The lowest BCUT2D eigenvalue weighted by Gasteiger charge is -2.29. The van der Waals surface area contributed by atoms with Crippen molar-refractivity contribution in [2.45, 2.75) is 19.4 Å². The number of hydrogen-bond donors (Lipinski definition) is 0. The van der Waals surface area contributed by atoms with E-state index in [0.29, 0.717) is 26.2 Å². The normalized spacial score (nSPS) is 20.3. The summed E-state index contributed by atoms with van der Waals surface area (Å²) in [4.78, 5) is 15.2. The summed E-state index contributed by atoms with van der Waals surface area (Å²) in [6.45, 7) is 5.13. The Balaban J connectivity index is 1.60. The molecule has 0 aliphatic carbocycles. The van der Waals surface area contributed by atoms with Crippen molar-refractivity contribution in [2.24, 2.45) is 5.10 Å². The first-order valence-corrected chi connectivity index (χ1v) is 9.62. The van der Waals surface area contributed by atoms with Crippen molar-refractivity contribution in [3.63, 3.8) is 0 Å². The fourth-order valence-electron chi connectivity index (χ4n) is 3.71. The summed E-state index contributed by atoms with van der Waals surface area (Å²) < 4.78 is 18.8. The summed E-state index contributed by atoms with van der Waals surface area (Å²) in [6, 6.07) is 14.3. The summed E-state index contributed by atoms with van der Waals surface area (Å²) in [7, 11) is 0. The number of aryl methyl sites for hydroxylation is 1. The molecule has 4 rings (SSSR count). The highest BCUT2D eigenvalue weighted by atomic mass is 19.1. The maximum Gasteiger partial charge on any atom is 0.257 e. The van der Waals surface area contributed by atoms with Crippen molar-refractivity contribution in [3.05, 3.63) is 71.0 Å². The molecule has 5 nitrogen and oxygen atoms in total. The minimum atomic E-state index is -0.284. The average molecular weight is 381 g/mol. The third-order valence-electron chi connectivity index (χ3n) is 5.23. The molecule has 0 radical (unpaired) electrons. The van der Waals surface area contributed by atoms with E-state index >= 15 is 0 Å². The monoisotopic (exact) mass is 381 g/mol. The Hall–Kier alpha value is -2.57. The number of ether oxygens (including phenoxy) is 1. The zero-order chi connectivity index (χ0) is 19.5. The van der Waals surface area contributed by atoms with Crippen LogP contribution in [0.15, 0.2) is 53.6 Å². The summed E-state index contributed by atoms with van der Waals surface area (Å²) in [5.41, 5.74) is 3.95. The molecule has 1 fully saturated rings. The number of carbonyl (C=O) groups is 1. The van der Waals surface area contributed by atoms with Crippen LogP contribution in [-0.4, -0.2) is 54.4 Å². The van der Waals surface area contributed by atoms with E-state index in [0.717, 1.165) is 35.5 Å². The van der Waals surface area contributed by atoms with Crippen LogP contribution >= 0.6 is 0 Å². The third-order valence-corrected chi connectivity index (χ3v) is 5.23. The predicted octanol–water partition coefficient (Wildman–Crippen LogP) is 3.14. The second-order valence-corrected chi connectivity index (χ2v) is 7.31. The van der Waals surface area contributed by atoms with Gasteiger partial charge in [-0.3, -0.25) is 9.69 Å². The first kappa shape index (κ1) is 18.8. The lowest BCUT2D eigenvalue weighted by atomic mass is 9.97. The van der Waals surface area contributed by atoms with Crippen LogP contribution < -0.4 is 0 Å². The van der Waals surface area contributed by atoms with Crippen molar-refractivity contribution in [1.29, 1.82) is 0 Å². The molecule has 2 heterocycles. The Labute approximate surface area is 164 Å². The van der Waals surface area contributed by atoms with Gasteiger partial charge in [-0.15, -0.1) is 0 Å². The number of benzene rings is 2. The van der Waals surface area contributed by atoms with Crippen LogP contribution in [0, 0.1) is 12.7 Å². The van der Waals surface area contributed by atoms with Crippen LogP contribution in [0.2, 0.25) is 0 Å². The van der Waals surface area contributed by atoms with E-state index in [1.807, 2.05) is 25.1 Å². The Morgan fingerprint density at radius 1 is 1.18 bits per heavy atom. The highest BCUT2D eigenvalue weighted by Gasteiger charge is 2.33. The Morgan fingerprint density at radius 2 is 1.93 bits per heavy atom. The van der Waals surface area contributed by atoms with Gasteiger partial charge < -0.3 is 4.74 Å². The number of hydrazone groups is 1. The number of morpholine rings is 1. The van der Waals surface area contributed by atoms with E-state index in [2.05, 4.69) is 11.0 Å². The number of hydrogen-bond acceptors (Lipinski definition) is 4. The molecule has 6 heteroatoms. The number of carbonyl (C=O) groups excluding carboxylic acids is 1. The van der Waals surface area contributed by atoms with Gasteiger partial charge in [0.1, 0.15) is 5.82 Å². The second-order valence-electron chi connectivity index (χ2n) is 7.31. The van der Waals surface area contributed by atoms with E-state index in [1.165, 1.54) is 12.1 Å². The van der Waals surface area contributed by atoms with Gasteiger partial charge in [-0.2, -0.15) is 5.10 Å². The number of halogens is 1. The van der Waals surface area contributed by atoms with Crippen LogP contribution in [0.3, 0.4) is 0 Å². The highest BCUT2D eigenvalue weighted by Crippen LogP contribution is 2.33. The molecule has 0 bridgehead atoms. The molecule has 0 spiro atoms. The molecule has 0 N–H and O–H groups in total. The van der Waals surface area contributed by atoms with E-state index in [9.17, 15) is 9.18 Å². The maximum absolute atomic E-state index is 13.4. The molecule has 1 amide bonds. The highest BCUT2D eigenvalue weighted by molar-refractivity contribution is 6.03. The Bertz CT molecular complexity index is 876. The van der Waals surface area contributed by atoms with Crippen LogP contribution in [0.5, 0.6) is 0 Å². The van der Waals surface area contributed by atoms with Crippen molar-refractivity contribution >= 4 is 11.6 Å². The van der Waals surface area contributed by atoms with Crippen LogP contribution in [-0.2, 0) is 9.53 Å². The van der Waals surface area contributed by atoms with E-state index in [4.69, 9.17) is 9.84 Å². The minimum absolute atomic E-state index is 0.0427. The Morgan fingerprint density at radius 3 is 2.64 bits per heavy atom. The quantitative estimate of drug-likeness (QED) is 0.817. The molecular formula is C22H24FN3O2. The first-order chi connectivity index (χ1) is 13.6. The van der Waals surface area contributed by atoms with Crippen molar-refractivity contribution in [3.8, 4) is 0 Å². The zero-order valence-electron chi connectivity index (χ0n) is 16.0. The summed E-state index contributed by atoms with van der Waals surface area (Å²) in [5.74, 6) is -0.327. The molecule has 0 saturated carbocycles. The fourth-order valence-corrected chi connectivity index (χ4v) is 3.71.